The molecule has 1 atom stereocenters. The molecule has 0 aliphatic carbocycles. The predicted molar refractivity (Wildman–Crippen MR) is 52.6 cm³/mol. The van der Waals surface area contributed by atoms with Crippen LogP contribution < -0.4 is 10.6 Å². The highest BCUT2D eigenvalue weighted by atomic mass is 16.2. The lowest BCUT2D eigenvalue weighted by atomic mass is 10.2. The molecular weight excluding hydrogens is 180 g/mol. The molecular formula is C10H12N2O2. The molecule has 0 radical (unpaired) electrons. The van der Waals surface area contributed by atoms with E-state index in [-0.39, 0.29) is 12.1 Å². The van der Waals surface area contributed by atoms with E-state index in [1.54, 1.807) is 31.2 Å². The molecule has 1 unspecified atom stereocenters. The number of amides is 2. The van der Waals surface area contributed by atoms with Gasteiger partial charge in [0.05, 0.1) is 6.17 Å². The van der Waals surface area contributed by atoms with Crippen LogP contribution >= 0.6 is 0 Å². The van der Waals surface area contributed by atoms with Gasteiger partial charge in [-0.1, -0.05) is 18.2 Å². The van der Waals surface area contributed by atoms with Gasteiger partial charge in [0.15, 0.2) is 0 Å². The molecule has 0 fully saturated rings. The topological polar surface area (TPSA) is 58.2 Å². The van der Waals surface area contributed by atoms with E-state index >= 15 is 0 Å². The summed E-state index contributed by atoms with van der Waals surface area (Å²) in [5.41, 5.74) is 0.576. The van der Waals surface area contributed by atoms with E-state index in [0.29, 0.717) is 12.0 Å². The molecule has 14 heavy (non-hydrogen) atoms. The summed E-state index contributed by atoms with van der Waals surface area (Å²) in [6.07, 6.45) is 0.191. The number of carbonyl (C=O) groups is 2. The Balaban J connectivity index is 2.55. The van der Waals surface area contributed by atoms with Gasteiger partial charge in [-0.2, -0.15) is 0 Å². The maximum atomic E-state index is 11.5. The van der Waals surface area contributed by atoms with Crippen molar-refractivity contribution in [2.24, 2.45) is 0 Å². The van der Waals surface area contributed by atoms with Gasteiger partial charge in [-0.15, -0.1) is 0 Å². The van der Waals surface area contributed by atoms with Gasteiger partial charge in [0.1, 0.15) is 0 Å². The van der Waals surface area contributed by atoms with Crippen molar-refractivity contribution < 1.29 is 9.59 Å². The van der Waals surface area contributed by atoms with E-state index in [9.17, 15) is 9.59 Å². The fraction of sp³-hybridized carbons (Fsp3) is 0.200. The van der Waals surface area contributed by atoms with Crippen LogP contribution in [-0.2, 0) is 4.79 Å². The highest BCUT2D eigenvalue weighted by Crippen LogP contribution is 1.97. The van der Waals surface area contributed by atoms with Gasteiger partial charge >= 0.3 is 0 Å². The highest BCUT2D eigenvalue weighted by molar-refractivity contribution is 5.94. The van der Waals surface area contributed by atoms with Crippen LogP contribution in [0.4, 0.5) is 0 Å². The van der Waals surface area contributed by atoms with Crippen LogP contribution in [0.1, 0.15) is 17.3 Å². The fourth-order valence-electron chi connectivity index (χ4n) is 1.01. The second-order valence-electron chi connectivity index (χ2n) is 2.85. The minimum atomic E-state index is -0.361. The lowest BCUT2D eigenvalue weighted by Gasteiger charge is -2.12. The smallest absolute Gasteiger partial charge is 0.252 e. The summed E-state index contributed by atoms with van der Waals surface area (Å²) in [6.45, 7) is 1.69. The number of hydrogen-bond acceptors (Lipinski definition) is 2. The molecule has 4 heteroatoms. The molecule has 1 rings (SSSR count). The zero-order chi connectivity index (χ0) is 10.4. The second-order valence-corrected chi connectivity index (χ2v) is 2.85. The minimum absolute atomic E-state index is 0.201. The maximum absolute atomic E-state index is 11.5. The van der Waals surface area contributed by atoms with Crippen molar-refractivity contribution in [3.63, 3.8) is 0 Å². The number of carbonyl (C=O) groups excluding carboxylic acids is 2. The zero-order valence-electron chi connectivity index (χ0n) is 7.86. The van der Waals surface area contributed by atoms with Crippen molar-refractivity contribution >= 4 is 12.3 Å². The molecule has 4 nitrogen and oxygen atoms in total. The summed E-state index contributed by atoms with van der Waals surface area (Å²) in [7, 11) is 0. The Kier molecular flexibility index (Phi) is 3.67. The Labute approximate surface area is 82.3 Å². The van der Waals surface area contributed by atoms with E-state index in [2.05, 4.69) is 10.6 Å². The first-order valence-electron chi connectivity index (χ1n) is 4.29. The molecule has 0 aliphatic rings. The molecule has 0 saturated carbocycles. The molecule has 1 aromatic carbocycles. The molecule has 0 aliphatic heterocycles. The average Bonchev–Trinajstić information content (AvgIpc) is 2.19. The molecule has 2 amide bonds. The lowest BCUT2D eigenvalue weighted by Crippen LogP contribution is -2.42. The molecule has 0 saturated heterocycles. The van der Waals surface area contributed by atoms with Crippen molar-refractivity contribution in [2.75, 3.05) is 0 Å². The van der Waals surface area contributed by atoms with E-state index in [1.165, 1.54) is 0 Å². The summed E-state index contributed by atoms with van der Waals surface area (Å²) in [5, 5.41) is 5.05. The highest BCUT2D eigenvalue weighted by Gasteiger charge is 2.06. The molecule has 0 aromatic heterocycles. The van der Waals surface area contributed by atoms with Gasteiger partial charge in [-0.05, 0) is 19.1 Å². The Bertz CT molecular complexity index is 311. The standard InChI is InChI=1S/C10H12N2O2/c1-8(11-7-13)12-10(14)9-5-3-2-4-6-9/h2-8H,1H3,(H,11,13)(H,12,14). The van der Waals surface area contributed by atoms with Crippen molar-refractivity contribution in [3.8, 4) is 0 Å². The molecule has 0 bridgehead atoms. The Hall–Kier alpha value is -1.84. The molecule has 0 spiro atoms. The molecule has 0 heterocycles. The van der Waals surface area contributed by atoms with Gasteiger partial charge in [0.25, 0.3) is 5.91 Å². The summed E-state index contributed by atoms with van der Waals surface area (Å²) in [4.78, 5) is 21.5. The summed E-state index contributed by atoms with van der Waals surface area (Å²) in [6, 6.07) is 8.83. The van der Waals surface area contributed by atoms with E-state index < -0.39 is 0 Å². The van der Waals surface area contributed by atoms with E-state index in [0.717, 1.165) is 0 Å². The Morgan fingerprint density at radius 1 is 1.36 bits per heavy atom. The third kappa shape index (κ3) is 2.90. The number of benzene rings is 1. The maximum Gasteiger partial charge on any atom is 0.252 e. The molecule has 74 valence electrons. The Morgan fingerprint density at radius 3 is 2.57 bits per heavy atom. The Morgan fingerprint density at radius 2 is 2.00 bits per heavy atom. The van der Waals surface area contributed by atoms with Crippen molar-refractivity contribution in [3.05, 3.63) is 35.9 Å². The first kappa shape index (κ1) is 10.2. The summed E-state index contributed by atoms with van der Waals surface area (Å²) >= 11 is 0. The van der Waals surface area contributed by atoms with Crippen LogP contribution in [0.3, 0.4) is 0 Å². The number of rotatable bonds is 4. The lowest BCUT2D eigenvalue weighted by molar-refractivity contribution is -0.110. The molecule has 2 N–H and O–H groups in total. The average molecular weight is 192 g/mol. The first-order chi connectivity index (χ1) is 6.74. The van der Waals surface area contributed by atoms with Crippen LogP contribution in [0, 0.1) is 0 Å². The van der Waals surface area contributed by atoms with Crippen molar-refractivity contribution in [2.45, 2.75) is 13.1 Å². The summed E-state index contributed by atoms with van der Waals surface area (Å²) < 4.78 is 0. The van der Waals surface area contributed by atoms with Gasteiger partial charge < -0.3 is 10.6 Å². The van der Waals surface area contributed by atoms with Crippen LogP contribution in [0.15, 0.2) is 30.3 Å². The van der Waals surface area contributed by atoms with Gasteiger partial charge in [0.2, 0.25) is 6.41 Å². The van der Waals surface area contributed by atoms with Crippen molar-refractivity contribution in [1.82, 2.24) is 10.6 Å². The van der Waals surface area contributed by atoms with Crippen molar-refractivity contribution in [1.29, 1.82) is 0 Å². The minimum Gasteiger partial charge on any atom is -0.339 e. The van der Waals surface area contributed by atoms with E-state index in [4.69, 9.17) is 0 Å². The van der Waals surface area contributed by atoms with Crippen LogP contribution in [-0.4, -0.2) is 18.5 Å². The first-order valence-corrected chi connectivity index (χ1v) is 4.29. The van der Waals surface area contributed by atoms with Crippen LogP contribution in [0.2, 0.25) is 0 Å². The third-order valence-electron chi connectivity index (χ3n) is 1.70. The second kappa shape index (κ2) is 5.01. The largest absolute Gasteiger partial charge is 0.339 e. The van der Waals surface area contributed by atoms with Crippen LogP contribution in [0.25, 0.3) is 0 Å². The molecule has 1 aromatic rings. The number of hydrogen-bond donors (Lipinski definition) is 2. The van der Waals surface area contributed by atoms with Gasteiger partial charge in [-0.25, -0.2) is 0 Å². The monoisotopic (exact) mass is 192 g/mol. The summed E-state index contributed by atoms with van der Waals surface area (Å²) in [5.74, 6) is -0.201. The van der Waals surface area contributed by atoms with Gasteiger partial charge in [0, 0.05) is 5.56 Å². The van der Waals surface area contributed by atoms with Crippen LogP contribution in [0.5, 0.6) is 0 Å². The van der Waals surface area contributed by atoms with E-state index in [1.807, 2.05) is 6.07 Å². The quantitative estimate of drug-likeness (QED) is 0.539. The number of nitrogens with one attached hydrogen (secondary N) is 2. The zero-order valence-corrected chi connectivity index (χ0v) is 7.86. The van der Waals surface area contributed by atoms with Gasteiger partial charge in [-0.3, -0.25) is 9.59 Å². The fourth-order valence-corrected chi connectivity index (χ4v) is 1.01. The SMILES string of the molecule is CC(NC=O)NC(=O)c1ccccc1. The predicted octanol–water partition coefficient (Wildman–Crippen LogP) is 0.508. The third-order valence-corrected chi connectivity index (χ3v) is 1.70. The normalized spacial score (nSPS) is 11.5.